The first-order valence-corrected chi connectivity index (χ1v) is 6.40. The van der Waals surface area contributed by atoms with Crippen LogP contribution in [-0.2, 0) is 4.79 Å². The zero-order valence-corrected chi connectivity index (χ0v) is 11.2. The first kappa shape index (κ1) is 13.5. The van der Waals surface area contributed by atoms with Gasteiger partial charge in [0.1, 0.15) is 0 Å². The van der Waals surface area contributed by atoms with Gasteiger partial charge < -0.3 is 10.2 Å². The molecule has 1 amide bonds. The maximum Gasteiger partial charge on any atom is 0.226 e. The third-order valence-electron chi connectivity index (χ3n) is 3.58. The van der Waals surface area contributed by atoms with Crippen LogP contribution in [0.1, 0.15) is 40.0 Å². The highest BCUT2D eigenvalue weighted by atomic mass is 16.2. The summed E-state index contributed by atoms with van der Waals surface area (Å²) in [5, 5.41) is 3.07. The molecule has 3 heteroatoms. The van der Waals surface area contributed by atoms with E-state index in [2.05, 4.69) is 24.1 Å². The molecule has 1 atom stereocenters. The van der Waals surface area contributed by atoms with Gasteiger partial charge in [-0.05, 0) is 31.7 Å². The molecule has 0 aromatic rings. The van der Waals surface area contributed by atoms with Gasteiger partial charge >= 0.3 is 0 Å². The molecule has 1 fully saturated rings. The molecule has 0 bridgehead atoms. The van der Waals surface area contributed by atoms with Gasteiger partial charge in [0, 0.05) is 25.6 Å². The highest BCUT2D eigenvalue weighted by molar-refractivity contribution is 5.78. The molecular weight excluding hydrogens is 200 g/mol. The fourth-order valence-electron chi connectivity index (χ4n) is 2.35. The Morgan fingerprint density at radius 2 is 2.06 bits per heavy atom. The average Bonchev–Trinajstić information content (AvgIpc) is 2.39. The Morgan fingerprint density at radius 1 is 1.38 bits per heavy atom. The number of nitrogens with zero attached hydrogens (tertiary/aromatic N) is 1. The minimum atomic E-state index is 0.103. The van der Waals surface area contributed by atoms with Gasteiger partial charge in [-0.1, -0.05) is 20.8 Å². The Hall–Kier alpha value is -0.570. The summed E-state index contributed by atoms with van der Waals surface area (Å²) in [5.41, 5.74) is 0.404. The van der Waals surface area contributed by atoms with E-state index in [-0.39, 0.29) is 5.92 Å². The molecule has 0 aromatic carbocycles. The number of carbonyl (C=O) groups is 1. The van der Waals surface area contributed by atoms with Crippen LogP contribution in [0.15, 0.2) is 0 Å². The second kappa shape index (κ2) is 5.67. The van der Waals surface area contributed by atoms with Gasteiger partial charge in [0.2, 0.25) is 5.91 Å². The number of likely N-dealkylation sites (tertiary alicyclic amines) is 1. The maximum absolute atomic E-state index is 12.1. The van der Waals surface area contributed by atoms with Crippen molar-refractivity contribution in [2.24, 2.45) is 11.3 Å². The lowest BCUT2D eigenvalue weighted by molar-refractivity contribution is -0.134. The zero-order valence-electron chi connectivity index (χ0n) is 11.2. The smallest absolute Gasteiger partial charge is 0.226 e. The summed E-state index contributed by atoms with van der Waals surface area (Å²) in [6, 6.07) is 0. The molecule has 1 unspecified atom stereocenters. The highest BCUT2D eigenvalue weighted by Crippen LogP contribution is 2.30. The molecule has 0 aromatic heterocycles. The summed E-state index contributed by atoms with van der Waals surface area (Å²) in [5.74, 6) is 0.415. The molecule has 1 rings (SSSR count). The van der Waals surface area contributed by atoms with Gasteiger partial charge in [-0.25, -0.2) is 0 Å². The summed E-state index contributed by atoms with van der Waals surface area (Å²) >= 11 is 0. The Kier molecular flexibility index (Phi) is 4.78. The third-order valence-corrected chi connectivity index (χ3v) is 3.58. The van der Waals surface area contributed by atoms with E-state index < -0.39 is 0 Å². The number of rotatable bonds is 3. The molecule has 1 heterocycles. The van der Waals surface area contributed by atoms with Crippen molar-refractivity contribution in [2.75, 3.05) is 26.7 Å². The lowest BCUT2D eigenvalue weighted by Crippen LogP contribution is -2.39. The standard InChI is InChI=1S/C13H26N2O/c1-11(10-14-4)12(16)15-8-5-6-13(2,3)7-9-15/h11,14H,5-10H2,1-4H3. The first-order valence-electron chi connectivity index (χ1n) is 6.40. The van der Waals surface area contributed by atoms with Gasteiger partial charge in [-0.15, -0.1) is 0 Å². The van der Waals surface area contributed by atoms with Crippen molar-refractivity contribution in [1.82, 2.24) is 10.2 Å². The van der Waals surface area contributed by atoms with E-state index in [1.165, 1.54) is 6.42 Å². The predicted octanol–water partition coefficient (Wildman–Crippen LogP) is 1.88. The fourth-order valence-corrected chi connectivity index (χ4v) is 2.35. The van der Waals surface area contributed by atoms with Crippen molar-refractivity contribution < 1.29 is 4.79 Å². The number of hydrogen-bond acceptors (Lipinski definition) is 2. The van der Waals surface area contributed by atoms with E-state index in [1.54, 1.807) is 0 Å². The Morgan fingerprint density at radius 3 is 2.69 bits per heavy atom. The minimum Gasteiger partial charge on any atom is -0.342 e. The monoisotopic (exact) mass is 226 g/mol. The molecule has 0 saturated carbocycles. The second-order valence-electron chi connectivity index (χ2n) is 5.80. The molecule has 1 aliphatic heterocycles. The molecule has 1 aliphatic rings. The quantitative estimate of drug-likeness (QED) is 0.797. The Labute approximate surface area is 99.6 Å². The summed E-state index contributed by atoms with van der Waals surface area (Å²) in [6.07, 6.45) is 3.51. The van der Waals surface area contributed by atoms with Crippen LogP contribution < -0.4 is 5.32 Å². The molecule has 0 spiro atoms. The Bertz CT molecular complexity index is 238. The van der Waals surface area contributed by atoms with E-state index in [1.807, 2.05) is 14.0 Å². The van der Waals surface area contributed by atoms with E-state index in [9.17, 15) is 4.79 Å². The topological polar surface area (TPSA) is 32.3 Å². The van der Waals surface area contributed by atoms with Crippen LogP contribution in [-0.4, -0.2) is 37.5 Å². The average molecular weight is 226 g/mol. The summed E-state index contributed by atoms with van der Waals surface area (Å²) < 4.78 is 0. The van der Waals surface area contributed by atoms with Crippen LogP contribution in [0.25, 0.3) is 0 Å². The first-order chi connectivity index (χ1) is 7.46. The molecule has 94 valence electrons. The predicted molar refractivity (Wildman–Crippen MR) is 67.3 cm³/mol. The number of nitrogens with one attached hydrogen (secondary N) is 1. The van der Waals surface area contributed by atoms with Crippen LogP contribution in [0.5, 0.6) is 0 Å². The van der Waals surface area contributed by atoms with Crippen molar-refractivity contribution in [2.45, 2.75) is 40.0 Å². The van der Waals surface area contributed by atoms with Crippen molar-refractivity contribution in [1.29, 1.82) is 0 Å². The summed E-state index contributed by atoms with van der Waals surface area (Å²) in [7, 11) is 1.90. The molecule has 0 radical (unpaired) electrons. The van der Waals surface area contributed by atoms with Gasteiger partial charge in [-0.2, -0.15) is 0 Å². The van der Waals surface area contributed by atoms with Crippen LogP contribution >= 0.6 is 0 Å². The van der Waals surface area contributed by atoms with Crippen LogP contribution in [0.2, 0.25) is 0 Å². The zero-order chi connectivity index (χ0) is 12.2. The maximum atomic E-state index is 12.1. The number of hydrogen-bond donors (Lipinski definition) is 1. The molecule has 1 N–H and O–H groups in total. The molecule has 16 heavy (non-hydrogen) atoms. The van der Waals surface area contributed by atoms with Gasteiger partial charge in [0.15, 0.2) is 0 Å². The van der Waals surface area contributed by atoms with Gasteiger partial charge in [0.05, 0.1) is 0 Å². The molecular formula is C13H26N2O. The van der Waals surface area contributed by atoms with Crippen LogP contribution in [0.4, 0.5) is 0 Å². The number of carbonyl (C=O) groups excluding carboxylic acids is 1. The van der Waals surface area contributed by atoms with Crippen LogP contribution in [0, 0.1) is 11.3 Å². The SMILES string of the molecule is CNCC(C)C(=O)N1CCCC(C)(C)CC1. The fraction of sp³-hybridized carbons (Fsp3) is 0.923. The van der Waals surface area contributed by atoms with Crippen LogP contribution in [0.3, 0.4) is 0 Å². The van der Waals surface area contributed by atoms with E-state index in [0.29, 0.717) is 11.3 Å². The van der Waals surface area contributed by atoms with Crippen molar-refractivity contribution in [3.8, 4) is 0 Å². The molecule has 0 aliphatic carbocycles. The van der Waals surface area contributed by atoms with E-state index in [0.717, 1.165) is 32.5 Å². The lowest BCUT2D eigenvalue weighted by Gasteiger charge is -2.25. The summed E-state index contributed by atoms with van der Waals surface area (Å²) in [6.45, 7) is 9.26. The van der Waals surface area contributed by atoms with Crippen molar-refractivity contribution in [3.63, 3.8) is 0 Å². The summed E-state index contributed by atoms with van der Waals surface area (Å²) in [4.78, 5) is 14.2. The number of amides is 1. The van der Waals surface area contributed by atoms with Gasteiger partial charge in [-0.3, -0.25) is 4.79 Å². The van der Waals surface area contributed by atoms with Gasteiger partial charge in [0.25, 0.3) is 0 Å². The minimum absolute atomic E-state index is 0.103. The molecule has 1 saturated heterocycles. The van der Waals surface area contributed by atoms with E-state index in [4.69, 9.17) is 0 Å². The lowest BCUT2D eigenvalue weighted by atomic mass is 9.85. The normalized spacial score (nSPS) is 22.6. The van der Waals surface area contributed by atoms with Crippen molar-refractivity contribution >= 4 is 5.91 Å². The van der Waals surface area contributed by atoms with E-state index >= 15 is 0 Å². The third kappa shape index (κ3) is 3.78. The second-order valence-corrected chi connectivity index (χ2v) is 5.80. The molecule has 3 nitrogen and oxygen atoms in total. The Balaban J connectivity index is 2.51. The largest absolute Gasteiger partial charge is 0.342 e. The highest BCUT2D eigenvalue weighted by Gasteiger charge is 2.27. The van der Waals surface area contributed by atoms with Crippen molar-refractivity contribution in [3.05, 3.63) is 0 Å².